The molecule has 0 saturated carbocycles. The van der Waals surface area contributed by atoms with Gasteiger partial charge in [0.05, 0.1) is 0 Å². The number of nitrogens with two attached hydrogens (primary N) is 1. The molecule has 5 nitrogen and oxygen atoms in total. The zero-order chi connectivity index (χ0) is 10.0. The van der Waals surface area contributed by atoms with Crippen molar-refractivity contribution in [1.29, 1.82) is 0 Å². The maximum absolute atomic E-state index is 11.3. The normalized spacial score (nSPS) is 26.4. The molecule has 2 saturated heterocycles. The number of nitrogens with zero attached hydrogens (tertiary/aromatic N) is 1. The van der Waals surface area contributed by atoms with Crippen molar-refractivity contribution < 1.29 is 9.53 Å². The Morgan fingerprint density at radius 1 is 1.50 bits per heavy atom. The number of amides is 2. The Balaban J connectivity index is 1.91. The first-order valence-corrected chi connectivity index (χ1v) is 5.09. The van der Waals surface area contributed by atoms with E-state index < -0.39 is 0 Å². The van der Waals surface area contributed by atoms with Gasteiger partial charge in [-0.05, 0) is 12.8 Å². The number of urea groups is 1. The molecule has 80 valence electrons. The summed E-state index contributed by atoms with van der Waals surface area (Å²) >= 11 is 0. The first-order chi connectivity index (χ1) is 6.70. The van der Waals surface area contributed by atoms with Crippen LogP contribution in [0.25, 0.3) is 0 Å². The number of hydrogen-bond donors (Lipinski definition) is 2. The molecule has 0 aromatic rings. The fourth-order valence-corrected chi connectivity index (χ4v) is 1.98. The lowest BCUT2D eigenvalue weighted by atomic mass is 9.91. The zero-order valence-electron chi connectivity index (χ0n) is 8.29. The summed E-state index contributed by atoms with van der Waals surface area (Å²) in [7, 11) is 0. The zero-order valence-corrected chi connectivity index (χ0v) is 8.29. The smallest absolute Gasteiger partial charge is 0.317 e. The van der Waals surface area contributed by atoms with Gasteiger partial charge in [0.15, 0.2) is 0 Å². The minimum absolute atomic E-state index is 0.0151. The highest BCUT2D eigenvalue weighted by Gasteiger charge is 2.33. The van der Waals surface area contributed by atoms with E-state index in [0.717, 1.165) is 25.9 Å². The van der Waals surface area contributed by atoms with Crippen molar-refractivity contribution in [3.63, 3.8) is 0 Å². The van der Waals surface area contributed by atoms with Crippen LogP contribution in [0.1, 0.15) is 12.8 Å². The van der Waals surface area contributed by atoms with E-state index in [0.29, 0.717) is 19.8 Å². The fraction of sp³-hybridized carbons (Fsp3) is 0.889. The van der Waals surface area contributed by atoms with Gasteiger partial charge < -0.3 is 20.7 Å². The van der Waals surface area contributed by atoms with Gasteiger partial charge in [-0.2, -0.15) is 0 Å². The topological polar surface area (TPSA) is 67.6 Å². The highest BCUT2D eigenvalue weighted by molar-refractivity contribution is 5.76. The van der Waals surface area contributed by atoms with Crippen LogP contribution in [-0.2, 0) is 4.74 Å². The molecule has 0 aromatic carbocycles. The maximum Gasteiger partial charge on any atom is 0.317 e. The monoisotopic (exact) mass is 199 g/mol. The number of hydrogen-bond acceptors (Lipinski definition) is 3. The van der Waals surface area contributed by atoms with Crippen molar-refractivity contribution in [1.82, 2.24) is 10.2 Å². The molecule has 14 heavy (non-hydrogen) atoms. The van der Waals surface area contributed by atoms with E-state index >= 15 is 0 Å². The van der Waals surface area contributed by atoms with Crippen LogP contribution in [0.2, 0.25) is 0 Å². The first kappa shape index (κ1) is 9.73. The predicted molar refractivity (Wildman–Crippen MR) is 51.9 cm³/mol. The molecular weight excluding hydrogens is 182 g/mol. The Hall–Kier alpha value is -0.810. The van der Waals surface area contributed by atoms with Gasteiger partial charge in [-0.3, -0.25) is 0 Å². The molecule has 2 aliphatic rings. The minimum Gasteiger partial charge on any atom is -0.381 e. The number of nitrogens with one attached hydrogen (secondary N) is 1. The molecular formula is C9H17N3O2. The molecule has 0 spiro atoms. The molecule has 2 rings (SSSR count). The molecule has 5 heteroatoms. The van der Waals surface area contributed by atoms with E-state index in [1.165, 1.54) is 0 Å². The summed E-state index contributed by atoms with van der Waals surface area (Å²) in [6.07, 6.45) is 1.69. The van der Waals surface area contributed by atoms with Gasteiger partial charge in [-0.25, -0.2) is 4.79 Å². The molecule has 0 atom stereocenters. The number of carbonyl (C=O) groups excluding carboxylic acids is 1. The van der Waals surface area contributed by atoms with Crippen LogP contribution in [0.3, 0.4) is 0 Å². The van der Waals surface area contributed by atoms with Crippen LogP contribution in [0.4, 0.5) is 4.79 Å². The number of carbonyl (C=O) groups is 1. The maximum atomic E-state index is 11.3. The summed E-state index contributed by atoms with van der Waals surface area (Å²) in [4.78, 5) is 13.1. The molecule has 2 heterocycles. The lowest BCUT2D eigenvalue weighted by Gasteiger charge is -2.36. The minimum atomic E-state index is -0.236. The summed E-state index contributed by atoms with van der Waals surface area (Å²) in [5.41, 5.74) is 5.96. The third-order valence-corrected chi connectivity index (χ3v) is 2.94. The molecule has 0 aromatic heterocycles. The van der Waals surface area contributed by atoms with Gasteiger partial charge in [0.25, 0.3) is 0 Å². The molecule has 0 radical (unpaired) electrons. The Morgan fingerprint density at radius 3 is 2.79 bits per heavy atom. The van der Waals surface area contributed by atoms with E-state index in [4.69, 9.17) is 10.5 Å². The third-order valence-electron chi connectivity index (χ3n) is 2.94. The van der Waals surface area contributed by atoms with Gasteiger partial charge >= 0.3 is 6.03 Å². The van der Waals surface area contributed by atoms with Crippen molar-refractivity contribution >= 4 is 6.03 Å². The molecule has 2 amide bonds. The van der Waals surface area contributed by atoms with Crippen molar-refractivity contribution in [3.8, 4) is 0 Å². The summed E-state index contributed by atoms with van der Waals surface area (Å²) in [6, 6.07) is 0.0151. The Morgan fingerprint density at radius 2 is 2.21 bits per heavy atom. The van der Waals surface area contributed by atoms with Gasteiger partial charge in [0.2, 0.25) is 0 Å². The molecule has 0 bridgehead atoms. The highest BCUT2D eigenvalue weighted by Crippen LogP contribution is 2.19. The summed E-state index contributed by atoms with van der Waals surface area (Å²) < 4.78 is 5.26. The largest absolute Gasteiger partial charge is 0.381 e. The van der Waals surface area contributed by atoms with Crippen molar-refractivity contribution in [2.75, 3.05) is 32.8 Å². The predicted octanol–water partition coefficient (Wildman–Crippen LogP) is -0.480. The standard InChI is InChI=1S/C9H17N3O2/c10-9(1-5-14-6-2-9)7-12-4-3-11-8(12)13/h1-7,10H2,(H,11,13). The van der Waals surface area contributed by atoms with E-state index in [-0.39, 0.29) is 11.6 Å². The molecule has 2 fully saturated rings. The van der Waals surface area contributed by atoms with E-state index in [2.05, 4.69) is 5.32 Å². The second-order valence-electron chi connectivity index (χ2n) is 4.13. The van der Waals surface area contributed by atoms with Crippen LogP contribution >= 0.6 is 0 Å². The number of ether oxygens (including phenoxy) is 1. The summed E-state index contributed by atoms with van der Waals surface area (Å²) in [5, 5.41) is 2.78. The first-order valence-electron chi connectivity index (χ1n) is 5.09. The second kappa shape index (κ2) is 3.74. The lowest BCUT2D eigenvalue weighted by molar-refractivity contribution is 0.0442. The van der Waals surface area contributed by atoms with Gasteiger partial charge in [0, 0.05) is 38.4 Å². The quantitative estimate of drug-likeness (QED) is 0.631. The molecule has 0 aliphatic carbocycles. The average Bonchev–Trinajstić information content (AvgIpc) is 2.52. The van der Waals surface area contributed by atoms with Crippen LogP contribution in [0.15, 0.2) is 0 Å². The lowest BCUT2D eigenvalue weighted by Crippen LogP contribution is -2.54. The highest BCUT2D eigenvalue weighted by atomic mass is 16.5. The van der Waals surface area contributed by atoms with Crippen LogP contribution in [-0.4, -0.2) is 49.3 Å². The van der Waals surface area contributed by atoms with Gasteiger partial charge in [0.1, 0.15) is 0 Å². The van der Waals surface area contributed by atoms with Crippen molar-refractivity contribution in [2.24, 2.45) is 5.73 Å². The Bertz CT molecular complexity index is 226. The molecule has 3 N–H and O–H groups in total. The van der Waals surface area contributed by atoms with Gasteiger partial charge in [-0.1, -0.05) is 0 Å². The summed E-state index contributed by atoms with van der Waals surface area (Å²) in [6.45, 7) is 3.60. The average molecular weight is 199 g/mol. The summed E-state index contributed by atoms with van der Waals surface area (Å²) in [5.74, 6) is 0. The molecule has 2 aliphatic heterocycles. The van der Waals surface area contributed by atoms with E-state index in [1.54, 1.807) is 4.90 Å². The SMILES string of the molecule is NC1(CN2CCNC2=O)CCOCC1. The van der Waals surface area contributed by atoms with Crippen LogP contribution in [0.5, 0.6) is 0 Å². The number of rotatable bonds is 2. The van der Waals surface area contributed by atoms with Crippen molar-refractivity contribution in [3.05, 3.63) is 0 Å². The van der Waals surface area contributed by atoms with Crippen molar-refractivity contribution in [2.45, 2.75) is 18.4 Å². The van der Waals surface area contributed by atoms with Gasteiger partial charge in [-0.15, -0.1) is 0 Å². The van der Waals surface area contributed by atoms with E-state index in [1.807, 2.05) is 0 Å². The van der Waals surface area contributed by atoms with E-state index in [9.17, 15) is 4.79 Å². The second-order valence-corrected chi connectivity index (χ2v) is 4.13. The van der Waals surface area contributed by atoms with Crippen LogP contribution in [0, 0.1) is 0 Å². The Kier molecular flexibility index (Phi) is 2.60. The van der Waals surface area contributed by atoms with Crippen LogP contribution < -0.4 is 11.1 Å². The third kappa shape index (κ3) is 1.99. The Labute approximate surface area is 83.6 Å². The molecule has 0 unspecified atom stereocenters. The fourth-order valence-electron chi connectivity index (χ4n) is 1.98.